The van der Waals surface area contributed by atoms with Crippen molar-refractivity contribution in [2.24, 2.45) is 7.05 Å². The van der Waals surface area contributed by atoms with Crippen LogP contribution in [0.2, 0.25) is 0 Å². The molecule has 4 rings (SSSR count). The molecule has 0 fully saturated rings. The van der Waals surface area contributed by atoms with Crippen LogP contribution in [0.5, 0.6) is 5.75 Å². The van der Waals surface area contributed by atoms with Gasteiger partial charge in [-0.2, -0.15) is 0 Å². The van der Waals surface area contributed by atoms with Crippen LogP contribution in [0.15, 0.2) is 67.1 Å². The van der Waals surface area contributed by atoms with Crippen LogP contribution < -0.4 is 15.4 Å². The fourth-order valence-electron chi connectivity index (χ4n) is 5.00. The number of methoxy groups -OCH3 is 1. The maximum atomic E-state index is 13.2. The summed E-state index contributed by atoms with van der Waals surface area (Å²) in [6.45, 7) is 6.00. The second kappa shape index (κ2) is 22.0. The van der Waals surface area contributed by atoms with Gasteiger partial charge in [0.1, 0.15) is 17.8 Å². The molecule has 2 aromatic heterocycles. The van der Waals surface area contributed by atoms with Gasteiger partial charge in [0.25, 0.3) is 5.91 Å². The van der Waals surface area contributed by atoms with Crippen molar-refractivity contribution >= 4 is 17.6 Å². The van der Waals surface area contributed by atoms with Gasteiger partial charge < -0.3 is 38.9 Å². The summed E-state index contributed by atoms with van der Waals surface area (Å²) >= 11 is 0. The van der Waals surface area contributed by atoms with Gasteiger partial charge >= 0.3 is 5.97 Å². The molecule has 0 aliphatic heterocycles. The van der Waals surface area contributed by atoms with Crippen LogP contribution in [0.25, 0.3) is 11.5 Å². The average Bonchev–Trinajstić information content (AvgIpc) is 3.53. The molecule has 274 valence electrons. The molecule has 0 unspecified atom stereocenters. The first kappa shape index (κ1) is 38.9. The van der Waals surface area contributed by atoms with E-state index in [0.29, 0.717) is 69.9 Å². The predicted octanol–water partition coefficient (Wildman–Crippen LogP) is 4.93. The largest absolute Gasteiger partial charge is 0.494 e. The lowest BCUT2D eigenvalue weighted by molar-refractivity contribution is -0.141. The number of hydrogen-bond donors (Lipinski definition) is 2. The topological polar surface area (TPSA) is 161 Å². The van der Waals surface area contributed by atoms with Crippen molar-refractivity contribution in [3.63, 3.8) is 0 Å². The van der Waals surface area contributed by atoms with Gasteiger partial charge in [-0.15, -0.1) is 10.2 Å². The summed E-state index contributed by atoms with van der Waals surface area (Å²) in [6, 6.07) is 16.8. The van der Waals surface area contributed by atoms with E-state index < -0.39 is 0 Å². The Morgan fingerprint density at radius 1 is 0.843 bits per heavy atom. The van der Waals surface area contributed by atoms with Crippen molar-refractivity contribution in [1.82, 2.24) is 30.0 Å². The van der Waals surface area contributed by atoms with Crippen molar-refractivity contribution in [2.75, 3.05) is 58.7 Å². The van der Waals surface area contributed by atoms with E-state index in [1.54, 1.807) is 18.3 Å². The van der Waals surface area contributed by atoms with Gasteiger partial charge in [0.15, 0.2) is 11.6 Å². The molecule has 0 aliphatic rings. The molecule has 2 aromatic carbocycles. The minimum atomic E-state index is -0.281. The van der Waals surface area contributed by atoms with Crippen LogP contribution in [-0.4, -0.2) is 90.0 Å². The third-order valence-corrected chi connectivity index (χ3v) is 7.93. The summed E-state index contributed by atoms with van der Waals surface area (Å²) < 4.78 is 28.8. The number of benzene rings is 2. The molecule has 1 atom stereocenters. The first-order valence-electron chi connectivity index (χ1n) is 17.3. The lowest BCUT2D eigenvalue weighted by atomic mass is 10.1. The predicted molar refractivity (Wildman–Crippen MR) is 191 cm³/mol. The Balaban J connectivity index is 1.08. The molecule has 2 heterocycles. The first-order valence-corrected chi connectivity index (χ1v) is 17.3. The fraction of sp³-hybridized carbons (Fsp3) is 0.459. The lowest BCUT2D eigenvalue weighted by Crippen LogP contribution is -2.26. The minimum Gasteiger partial charge on any atom is -0.494 e. The summed E-state index contributed by atoms with van der Waals surface area (Å²) in [5, 5.41) is 15.0. The van der Waals surface area contributed by atoms with Crippen LogP contribution in [0.4, 0.5) is 5.69 Å². The summed E-state index contributed by atoms with van der Waals surface area (Å²) in [5.74, 6) is 1.71. The van der Waals surface area contributed by atoms with Crippen LogP contribution in [0, 0.1) is 0 Å². The van der Waals surface area contributed by atoms with E-state index in [1.165, 1.54) is 13.4 Å². The molecule has 0 radical (unpaired) electrons. The number of nitrogens with zero attached hydrogens (tertiary/aromatic N) is 5. The zero-order chi connectivity index (χ0) is 36.1. The molecule has 51 heavy (non-hydrogen) atoms. The van der Waals surface area contributed by atoms with E-state index in [2.05, 4.69) is 35.5 Å². The van der Waals surface area contributed by atoms with Gasteiger partial charge in [-0.3, -0.25) is 9.59 Å². The van der Waals surface area contributed by atoms with Gasteiger partial charge in [-0.1, -0.05) is 24.6 Å². The zero-order valence-electron chi connectivity index (χ0n) is 29.7. The molecule has 14 nitrogen and oxygen atoms in total. The van der Waals surface area contributed by atoms with Crippen LogP contribution in [0.1, 0.15) is 66.8 Å². The number of nitrogens with one attached hydrogen (secondary N) is 2. The molecule has 0 spiro atoms. The fourth-order valence-corrected chi connectivity index (χ4v) is 5.00. The van der Waals surface area contributed by atoms with Crippen molar-refractivity contribution in [1.29, 1.82) is 0 Å². The smallest absolute Gasteiger partial charge is 0.307 e. The second-order valence-corrected chi connectivity index (χ2v) is 11.7. The summed E-state index contributed by atoms with van der Waals surface area (Å²) in [5.41, 5.74) is 3.00. The number of anilines is 1. The Labute approximate surface area is 299 Å². The quantitative estimate of drug-likeness (QED) is 0.0750. The molecule has 0 saturated heterocycles. The maximum absolute atomic E-state index is 13.2. The monoisotopic (exact) mass is 703 g/mol. The molecule has 14 heteroatoms. The van der Waals surface area contributed by atoms with E-state index in [9.17, 15) is 9.59 Å². The summed E-state index contributed by atoms with van der Waals surface area (Å²) in [7, 11) is 3.25. The highest BCUT2D eigenvalue weighted by Gasteiger charge is 2.14. The normalized spacial score (nSPS) is 11.6. The Hall–Kier alpha value is -4.92. The highest BCUT2D eigenvalue weighted by atomic mass is 16.5. The molecule has 0 saturated carbocycles. The number of amides is 1. The van der Waals surface area contributed by atoms with Gasteiger partial charge in [-0.05, 0) is 68.1 Å². The molecule has 0 bridgehead atoms. The van der Waals surface area contributed by atoms with Crippen molar-refractivity contribution < 1.29 is 33.3 Å². The van der Waals surface area contributed by atoms with Crippen molar-refractivity contribution in [2.45, 2.75) is 51.6 Å². The highest BCUT2D eigenvalue weighted by molar-refractivity contribution is 5.95. The van der Waals surface area contributed by atoms with Crippen LogP contribution >= 0.6 is 0 Å². The van der Waals surface area contributed by atoms with E-state index in [4.69, 9.17) is 18.9 Å². The number of rotatable bonds is 24. The Bertz CT molecular complexity index is 1620. The Morgan fingerprint density at radius 3 is 2.35 bits per heavy atom. The number of hydrogen-bond acceptors (Lipinski definition) is 12. The number of carbonyl (C=O) groups excluding carboxylic acids is 2. The lowest BCUT2D eigenvalue weighted by Gasteiger charge is -2.16. The standard InChI is InChI=1S/C37H49N7O7/c1-28(41-37(46)30-11-8-12-31(24-30)39-26-34-42-43-36(44(34)2)33-14-16-38-27-40-33)29-10-9-13-32(25-29)51-18-7-5-4-6-17-48-20-22-50-23-21-49-19-15-35(45)47-3/h8-14,16,24-25,27-28,39H,4-7,15,17-23,26H2,1-3H3,(H,41,46)/t28-/m1/s1. The van der Waals surface area contributed by atoms with E-state index in [0.717, 1.165) is 48.5 Å². The van der Waals surface area contributed by atoms with Gasteiger partial charge in [0, 0.05) is 31.1 Å². The molecular weight excluding hydrogens is 654 g/mol. The number of esters is 1. The Morgan fingerprint density at radius 2 is 1.59 bits per heavy atom. The third-order valence-electron chi connectivity index (χ3n) is 7.93. The summed E-state index contributed by atoms with van der Waals surface area (Å²) in [4.78, 5) is 32.4. The number of unbranched alkanes of at least 4 members (excludes halogenated alkanes) is 3. The number of ether oxygens (including phenoxy) is 5. The Kier molecular flexibility index (Phi) is 16.8. The van der Waals surface area contributed by atoms with Gasteiger partial charge in [0.05, 0.1) is 65.8 Å². The molecular formula is C37H49N7O7. The van der Waals surface area contributed by atoms with Crippen LogP contribution in [0.3, 0.4) is 0 Å². The van der Waals surface area contributed by atoms with Gasteiger partial charge in [0.2, 0.25) is 0 Å². The minimum absolute atomic E-state index is 0.169. The molecule has 2 N–H and O–H groups in total. The third kappa shape index (κ3) is 13.7. The SMILES string of the molecule is COC(=O)CCOCCOCCOCCCCCCOc1cccc([C@@H](C)NC(=O)c2cccc(NCc3nnc(-c4ccncn4)n3C)c2)c1. The number of aromatic nitrogens is 5. The number of carbonyl (C=O) groups is 2. The van der Waals surface area contributed by atoms with E-state index in [1.807, 2.05) is 61.0 Å². The van der Waals surface area contributed by atoms with Crippen LogP contribution in [-0.2, 0) is 37.3 Å². The van der Waals surface area contributed by atoms with Crippen molar-refractivity contribution in [3.8, 4) is 17.3 Å². The average molecular weight is 704 g/mol. The highest BCUT2D eigenvalue weighted by Crippen LogP contribution is 2.21. The zero-order valence-corrected chi connectivity index (χ0v) is 29.7. The summed E-state index contributed by atoms with van der Waals surface area (Å²) in [6.07, 6.45) is 7.43. The van der Waals surface area contributed by atoms with E-state index in [-0.39, 0.29) is 24.3 Å². The van der Waals surface area contributed by atoms with E-state index >= 15 is 0 Å². The maximum Gasteiger partial charge on any atom is 0.307 e. The molecule has 1 amide bonds. The van der Waals surface area contributed by atoms with Gasteiger partial charge in [-0.25, -0.2) is 9.97 Å². The molecule has 4 aromatic rings. The second-order valence-electron chi connectivity index (χ2n) is 11.7. The molecule has 0 aliphatic carbocycles. The first-order chi connectivity index (χ1) is 24.9. The van der Waals surface area contributed by atoms with Crippen molar-refractivity contribution in [3.05, 3.63) is 84.1 Å².